The van der Waals surface area contributed by atoms with Crippen molar-refractivity contribution in [1.29, 1.82) is 0 Å². The fourth-order valence-electron chi connectivity index (χ4n) is 3.27. The molecule has 0 saturated heterocycles. The number of aromatic amines is 1. The Kier molecular flexibility index (Phi) is 5.24. The summed E-state index contributed by atoms with van der Waals surface area (Å²) in [7, 11) is 0. The Morgan fingerprint density at radius 3 is 2.93 bits per heavy atom. The van der Waals surface area contributed by atoms with Crippen LogP contribution < -0.4 is 5.32 Å². The maximum atomic E-state index is 12.2. The Balaban J connectivity index is 1.27. The zero-order valence-electron chi connectivity index (χ0n) is 16.0. The highest BCUT2D eigenvalue weighted by molar-refractivity contribution is 5.94. The molecule has 4 rings (SSSR count). The number of benzene rings is 2. The third-order valence-electron chi connectivity index (χ3n) is 4.77. The number of amides is 1. The van der Waals surface area contributed by atoms with Gasteiger partial charge in [-0.3, -0.25) is 4.79 Å². The van der Waals surface area contributed by atoms with Gasteiger partial charge >= 0.3 is 5.97 Å². The first-order valence-corrected chi connectivity index (χ1v) is 9.47. The molecule has 29 heavy (non-hydrogen) atoms. The largest absolute Gasteiger partial charge is 0.452 e. The normalized spacial score (nSPS) is 11.1. The summed E-state index contributed by atoms with van der Waals surface area (Å²) in [6.45, 7) is 2.79. The lowest BCUT2D eigenvalue weighted by Crippen LogP contribution is -2.30. The van der Waals surface area contributed by atoms with Gasteiger partial charge in [0.15, 0.2) is 6.61 Å². The average molecular weight is 391 g/mol. The Morgan fingerprint density at radius 1 is 1.21 bits per heavy atom. The lowest BCUT2D eigenvalue weighted by Gasteiger charge is -2.07. The van der Waals surface area contributed by atoms with E-state index in [-0.39, 0.29) is 12.5 Å². The SMILES string of the molecule is CCn1nnc2cc(C(=O)OCC(=O)NCCc3c[nH]c4ccccc34)ccc21. The molecule has 0 aliphatic rings. The van der Waals surface area contributed by atoms with Gasteiger partial charge in [0.1, 0.15) is 5.52 Å². The third kappa shape index (κ3) is 3.96. The monoisotopic (exact) mass is 391 g/mol. The van der Waals surface area contributed by atoms with Crippen molar-refractivity contribution in [2.45, 2.75) is 19.9 Å². The Hall–Kier alpha value is -3.68. The van der Waals surface area contributed by atoms with Crippen LogP contribution in [0, 0.1) is 0 Å². The van der Waals surface area contributed by atoms with Crippen LogP contribution in [-0.4, -0.2) is 45.0 Å². The van der Waals surface area contributed by atoms with Gasteiger partial charge in [0, 0.05) is 30.2 Å². The van der Waals surface area contributed by atoms with Gasteiger partial charge in [-0.15, -0.1) is 5.10 Å². The van der Waals surface area contributed by atoms with Gasteiger partial charge in [0.25, 0.3) is 5.91 Å². The summed E-state index contributed by atoms with van der Waals surface area (Å²) < 4.78 is 6.86. The van der Waals surface area contributed by atoms with E-state index in [2.05, 4.69) is 20.6 Å². The van der Waals surface area contributed by atoms with Crippen LogP contribution in [0.1, 0.15) is 22.8 Å². The number of para-hydroxylation sites is 1. The van der Waals surface area contributed by atoms with Gasteiger partial charge in [-0.1, -0.05) is 23.4 Å². The standard InChI is InChI=1S/C21H21N5O3/c1-2-26-19-8-7-14(11-18(19)24-25-26)21(28)29-13-20(27)22-10-9-15-12-23-17-6-4-3-5-16(15)17/h3-8,11-12,23H,2,9-10,13H2,1H3,(H,22,27). The van der Waals surface area contributed by atoms with E-state index in [0.717, 1.165) is 22.0 Å². The summed E-state index contributed by atoms with van der Waals surface area (Å²) in [5, 5.41) is 12.0. The molecule has 0 fully saturated rings. The van der Waals surface area contributed by atoms with Gasteiger partial charge in [-0.05, 0) is 43.2 Å². The molecular weight excluding hydrogens is 370 g/mol. The molecule has 2 aromatic heterocycles. The van der Waals surface area contributed by atoms with Crippen LogP contribution in [-0.2, 0) is 22.5 Å². The molecule has 8 heteroatoms. The van der Waals surface area contributed by atoms with Crippen molar-refractivity contribution in [2.24, 2.45) is 0 Å². The molecule has 0 aliphatic heterocycles. The van der Waals surface area contributed by atoms with E-state index in [1.807, 2.05) is 37.4 Å². The molecule has 4 aromatic rings. The predicted octanol–water partition coefficient (Wildman–Crippen LogP) is 2.45. The molecule has 0 atom stereocenters. The number of aryl methyl sites for hydroxylation is 1. The molecule has 148 valence electrons. The van der Waals surface area contributed by atoms with Gasteiger partial charge in [-0.25, -0.2) is 9.48 Å². The maximum absolute atomic E-state index is 12.2. The first kappa shape index (κ1) is 18.7. The molecule has 2 aromatic carbocycles. The van der Waals surface area contributed by atoms with Crippen molar-refractivity contribution in [1.82, 2.24) is 25.3 Å². The number of hydrogen-bond donors (Lipinski definition) is 2. The highest BCUT2D eigenvalue weighted by atomic mass is 16.5. The van der Waals surface area contributed by atoms with Crippen molar-refractivity contribution in [3.63, 3.8) is 0 Å². The van der Waals surface area contributed by atoms with E-state index < -0.39 is 5.97 Å². The minimum Gasteiger partial charge on any atom is -0.452 e. The van der Waals surface area contributed by atoms with Crippen molar-refractivity contribution >= 4 is 33.8 Å². The number of carbonyl (C=O) groups is 2. The Morgan fingerprint density at radius 2 is 2.07 bits per heavy atom. The van der Waals surface area contributed by atoms with Crippen molar-refractivity contribution in [3.05, 3.63) is 59.8 Å². The van der Waals surface area contributed by atoms with Crippen LogP contribution >= 0.6 is 0 Å². The Bertz CT molecular complexity index is 1180. The first-order chi connectivity index (χ1) is 14.2. The Labute approximate surface area is 166 Å². The number of esters is 1. The number of nitrogens with one attached hydrogen (secondary N) is 2. The summed E-state index contributed by atoms with van der Waals surface area (Å²) in [6, 6.07) is 13.1. The van der Waals surface area contributed by atoms with E-state index in [0.29, 0.717) is 30.6 Å². The van der Waals surface area contributed by atoms with Crippen molar-refractivity contribution in [3.8, 4) is 0 Å². The van der Waals surface area contributed by atoms with Gasteiger partial charge in [-0.2, -0.15) is 0 Å². The second-order valence-electron chi connectivity index (χ2n) is 6.64. The lowest BCUT2D eigenvalue weighted by molar-refractivity contribution is -0.124. The molecule has 2 N–H and O–H groups in total. The summed E-state index contributed by atoms with van der Waals surface area (Å²) in [5.41, 5.74) is 4.00. The van der Waals surface area contributed by atoms with Gasteiger partial charge in [0.05, 0.1) is 11.1 Å². The van der Waals surface area contributed by atoms with Gasteiger partial charge < -0.3 is 15.0 Å². The highest BCUT2D eigenvalue weighted by Gasteiger charge is 2.13. The van der Waals surface area contributed by atoms with E-state index in [4.69, 9.17) is 4.74 Å². The summed E-state index contributed by atoms with van der Waals surface area (Å²) in [6.07, 6.45) is 2.63. The summed E-state index contributed by atoms with van der Waals surface area (Å²) in [5.74, 6) is -0.902. The molecular formula is C21H21N5O3. The van der Waals surface area contributed by atoms with Crippen molar-refractivity contribution in [2.75, 3.05) is 13.2 Å². The molecule has 1 amide bonds. The second kappa shape index (κ2) is 8.14. The van der Waals surface area contributed by atoms with Crippen molar-refractivity contribution < 1.29 is 14.3 Å². The quantitative estimate of drug-likeness (QED) is 0.471. The minimum atomic E-state index is -0.565. The number of nitrogens with zero attached hydrogens (tertiary/aromatic N) is 3. The number of fused-ring (bicyclic) bond motifs is 2. The van der Waals surface area contributed by atoms with E-state index in [1.54, 1.807) is 22.9 Å². The van der Waals surface area contributed by atoms with E-state index in [9.17, 15) is 9.59 Å². The van der Waals surface area contributed by atoms with Crippen LogP contribution in [0.4, 0.5) is 0 Å². The molecule has 0 saturated carbocycles. The number of rotatable bonds is 7. The first-order valence-electron chi connectivity index (χ1n) is 9.47. The number of hydrogen-bond acceptors (Lipinski definition) is 5. The molecule has 0 spiro atoms. The average Bonchev–Trinajstić information content (AvgIpc) is 3.35. The van der Waals surface area contributed by atoms with E-state index in [1.165, 1.54) is 0 Å². The second-order valence-corrected chi connectivity index (χ2v) is 6.64. The van der Waals surface area contributed by atoms with Crippen LogP contribution in [0.25, 0.3) is 21.9 Å². The molecule has 2 heterocycles. The fraction of sp³-hybridized carbons (Fsp3) is 0.238. The van der Waals surface area contributed by atoms with Crippen LogP contribution in [0.15, 0.2) is 48.7 Å². The zero-order chi connectivity index (χ0) is 20.2. The van der Waals surface area contributed by atoms with Gasteiger partial charge in [0.2, 0.25) is 0 Å². The molecule has 0 radical (unpaired) electrons. The number of H-pyrrole nitrogens is 1. The fourth-order valence-corrected chi connectivity index (χ4v) is 3.27. The molecule has 0 aliphatic carbocycles. The van der Waals surface area contributed by atoms with Crippen LogP contribution in [0.3, 0.4) is 0 Å². The predicted molar refractivity (Wildman–Crippen MR) is 108 cm³/mol. The molecule has 0 bridgehead atoms. The minimum absolute atomic E-state index is 0.327. The maximum Gasteiger partial charge on any atom is 0.338 e. The third-order valence-corrected chi connectivity index (χ3v) is 4.77. The molecule has 0 unspecified atom stereocenters. The lowest BCUT2D eigenvalue weighted by atomic mass is 10.1. The van der Waals surface area contributed by atoms with Crippen LogP contribution in [0.2, 0.25) is 0 Å². The number of aromatic nitrogens is 4. The molecule has 8 nitrogen and oxygen atoms in total. The zero-order valence-corrected chi connectivity index (χ0v) is 16.0. The van der Waals surface area contributed by atoms with Crippen LogP contribution in [0.5, 0.6) is 0 Å². The van der Waals surface area contributed by atoms with E-state index >= 15 is 0 Å². The topological polar surface area (TPSA) is 102 Å². The summed E-state index contributed by atoms with van der Waals surface area (Å²) >= 11 is 0. The highest BCUT2D eigenvalue weighted by Crippen LogP contribution is 2.17. The smallest absolute Gasteiger partial charge is 0.338 e. The number of carbonyl (C=O) groups excluding carboxylic acids is 2. The number of ether oxygens (including phenoxy) is 1. The summed E-state index contributed by atoms with van der Waals surface area (Å²) in [4.78, 5) is 27.4.